The lowest BCUT2D eigenvalue weighted by atomic mass is 10.1. The van der Waals surface area contributed by atoms with Crippen LogP contribution in [0.2, 0.25) is 0 Å². The molecule has 4 heteroatoms. The second-order valence-corrected chi connectivity index (χ2v) is 4.18. The normalized spacial score (nSPS) is 10.2. The minimum absolute atomic E-state index is 0.204. The SMILES string of the molecule is COC(=O)CCCOc1ccc(C)cc1CCN. The number of nitrogens with two attached hydrogens (primary N) is 1. The third kappa shape index (κ3) is 4.75. The van der Waals surface area contributed by atoms with Gasteiger partial charge in [0.25, 0.3) is 0 Å². The molecule has 0 fully saturated rings. The second-order valence-electron chi connectivity index (χ2n) is 4.18. The Labute approximate surface area is 108 Å². The van der Waals surface area contributed by atoms with Crippen LogP contribution in [0.3, 0.4) is 0 Å². The number of hydrogen-bond acceptors (Lipinski definition) is 4. The summed E-state index contributed by atoms with van der Waals surface area (Å²) in [4.78, 5) is 10.9. The van der Waals surface area contributed by atoms with Crippen molar-refractivity contribution in [2.24, 2.45) is 5.73 Å². The first-order chi connectivity index (χ1) is 8.67. The second kappa shape index (κ2) is 7.71. The summed E-state index contributed by atoms with van der Waals surface area (Å²) >= 11 is 0. The highest BCUT2D eigenvalue weighted by Crippen LogP contribution is 2.20. The molecule has 0 atom stereocenters. The Morgan fingerprint density at radius 2 is 2.17 bits per heavy atom. The summed E-state index contributed by atoms with van der Waals surface area (Å²) in [5, 5.41) is 0. The molecule has 0 aliphatic rings. The Morgan fingerprint density at radius 3 is 2.83 bits per heavy atom. The van der Waals surface area contributed by atoms with E-state index in [1.54, 1.807) is 0 Å². The highest BCUT2D eigenvalue weighted by Gasteiger charge is 2.05. The highest BCUT2D eigenvalue weighted by atomic mass is 16.5. The van der Waals surface area contributed by atoms with Crippen molar-refractivity contribution in [3.05, 3.63) is 29.3 Å². The molecule has 0 aromatic heterocycles. The molecular formula is C14H21NO3. The van der Waals surface area contributed by atoms with Crippen LogP contribution >= 0.6 is 0 Å². The number of ether oxygens (including phenoxy) is 2. The number of carbonyl (C=O) groups excluding carboxylic acids is 1. The van der Waals surface area contributed by atoms with E-state index in [0.29, 0.717) is 26.0 Å². The number of carbonyl (C=O) groups is 1. The number of rotatable bonds is 7. The Kier molecular flexibility index (Phi) is 6.22. The fourth-order valence-corrected chi connectivity index (χ4v) is 1.70. The molecule has 0 aliphatic carbocycles. The predicted octanol–water partition coefficient (Wildman–Crippen LogP) is 1.83. The Bertz CT molecular complexity index is 391. The first-order valence-electron chi connectivity index (χ1n) is 6.16. The van der Waals surface area contributed by atoms with E-state index in [-0.39, 0.29) is 5.97 Å². The third-order valence-corrected chi connectivity index (χ3v) is 2.64. The zero-order chi connectivity index (χ0) is 13.4. The number of methoxy groups -OCH3 is 1. The summed E-state index contributed by atoms with van der Waals surface area (Å²) in [5.74, 6) is 0.653. The van der Waals surface area contributed by atoms with Crippen molar-refractivity contribution < 1.29 is 14.3 Å². The summed E-state index contributed by atoms with van der Waals surface area (Å²) in [6.07, 6.45) is 1.84. The zero-order valence-electron chi connectivity index (χ0n) is 11.1. The van der Waals surface area contributed by atoms with E-state index in [9.17, 15) is 4.79 Å². The van der Waals surface area contributed by atoms with Crippen molar-refractivity contribution in [3.8, 4) is 5.75 Å². The van der Waals surface area contributed by atoms with Gasteiger partial charge in [0.05, 0.1) is 13.7 Å². The van der Waals surface area contributed by atoms with Crippen LogP contribution in [0.5, 0.6) is 5.75 Å². The summed E-state index contributed by atoms with van der Waals surface area (Å²) < 4.78 is 10.2. The maximum absolute atomic E-state index is 10.9. The molecule has 0 saturated carbocycles. The number of hydrogen-bond donors (Lipinski definition) is 1. The molecule has 18 heavy (non-hydrogen) atoms. The van der Waals surface area contributed by atoms with Crippen LogP contribution in [0.15, 0.2) is 18.2 Å². The molecule has 1 aromatic rings. The monoisotopic (exact) mass is 251 g/mol. The van der Waals surface area contributed by atoms with Gasteiger partial charge in [-0.2, -0.15) is 0 Å². The van der Waals surface area contributed by atoms with E-state index >= 15 is 0 Å². The first-order valence-corrected chi connectivity index (χ1v) is 6.16. The highest BCUT2D eigenvalue weighted by molar-refractivity contribution is 5.69. The van der Waals surface area contributed by atoms with Gasteiger partial charge in [-0.25, -0.2) is 0 Å². The van der Waals surface area contributed by atoms with Crippen LogP contribution in [0.1, 0.15) is 24.0 Å². The molecule has 4 nitrogen and oxygen atoms in total. The molecule has 0 spiro atoms. The van der Waals surface area contributed by atoms with E-state index in [2.05, 4.69) is 10.8 Å². The quantitative estimate of drug-likeness (QED) is 0.593. The topological polar surface area (TPSA) is 61.5 Å². The minimum Gasteiger partial charge on any atom is -0.493 e. The summed E-state index contributed by atoms with van der Waals surface area (Å²) in [6, 6.07) is 6.05. The molecule has 0 saturated heterocycles. The van der Waals surface area contributed by atoms with Gasteiger partial charge in [0.1, 0.15) is 5.75 Å². The van der Waals surface area contributed by atoms with E-state index in [1.165, 1.54) is 12.7 Å². The largest absolute Gasteiger partial charge is 0.493 e. The van der Waals surface area contributed by atoms with Crippen LogP contribution in [-0.4, -0.2) is 26.2 Å². The van der Waals surface area contributed by atoms with Gasteiger partial charge in [0.2, 0.25) is 0 Å². The van der Waals surface area contributed by atoms with Gasteiger partial charge >= 0.3 is 5.97 Å². The molecule has 100 valence electrons. The van der Waals surface area contributed by atoms with Gasteiger partial charge in [-0.1, -0.05) is 17.7 Å². The molecule has 0 bridgehead atoms. The lowest BCUT2D eigenvalue weighted by Gasteiger charge is -2.11. The molecule has 0 aliphatic heterocycles. The van der Waals surface area contributed by atoms with Gasteiger partial charge in [-0.3, -0.25) is 4.79 Å². The Morgan fingerprint density at radius 1 is 1.39 bits per heavy atom. The maximum Gasteiger partial charge on any atom is 0.305 e. The van der Waals surface area contributed by atoms with Crippen molar-refractivity contribution in [1.29, 1.82) is 0 Å². The fraction of sp³-hybridized carbons (Fsp3) is 0.500. The Hall–Kier alpha value is -1.55. The predicted molar refractivity (Wildman–Crippen MR) is 70.7 cm³/mol. The van der Waals surface area contributed by atoms with E-state index < -0.39 is 0 Å². The van der Waals surface area contributed by atoms with Gasteiger partial charge in [-0.15, -0.1) is 0 Å². The van der Waals surface area contributed by atoms with E-state index in [0.717, 1.165) is 17.7 Å². The minimum atomic E-state index is -0.204. The average molecular weight is 251 g/mol. The lowest BCUT2D eigenvalue weighted by Crippen LogP contribution is -2.08. The summed E-state index contributed by atoms with van der Waals surface area (Å²) in [6.45, 7) is 3.15. The third-order valence-electron chi connectivity index (χ3n) is 2.64. The molecule has 1 rings (SSSR count). The van der Waals surface area contributed by atoms with Crippen LogP contribution in [-0.2, 0) is 16.0 Å². The van der Waals surface area contributed by atoms with Crippen LogP contribution in [0.25, 0.3) is 0 Å². The van der Waals surface area contributed by atoms with Gasteiger partial charge < -0.3 is 15.2 Å². The van der Waals surface area contributed by atoms with Gasteiger partial charge in [0, 0.05) is 6.42 Å². The summed E-state index contributed by atoms with van der Waals surface area (Å²) in [7, 11) is 1.39. The number of aryl methyl sites for hydroxylation is 1. The average Bonchev–Trinajstić information content (AvgIpc) is 2.36. The van der Waals surface area contributed by atoms with Crippen molar-refractivity contribution in [2.45, 2.75) is 26.2 Å². The molecule has 0 radical (unpaired) electrons. The molecule has 0 unspecified atom stereocenters. The zero-order valence-corrected chi connectivity index (χ0v) is 11.1. The first kappa shape index (κ1) is 14.5. The van der Waals surface area contributed by atoms with Crippen LogP contribution in [0.4, 0.5) is 0 Å². The smallest absolute Gasteiger partial charge is 0.305 e. The molecule has 2 N–H and O–H groups in total. The van der Waals surface area contributed by atoms with Gasteiger partial charge in [-0.05, 0) is 37.9 Å². The number of benzene rings is 1. The maximum atomic E-state index is 10.9. The summed E-state index contributed by atoms with van der Waals surface area (Å²) in [5.41, 5.74) is 7.89. The van der Waals surface area contributed by atoms with Crippen molar-refractivity contribution in [2.75, 3.05) is 20.3 Å². The van der Waals surface area contributed by atoms with Crippen molar-refractivity contribution in [3.63, 3.8) is 0 Å². The molecule has 1 aromatic carbocycles. The van der Waals surface area contributed by atoms with E-state index in [1.807, 2.05) is 19.1 Å². The Balaban J connectivity index is 2.48. The molecule has 0 amide bonds. The lowest BCUT2D eigenvalue weighted by molar-refractivity contribution is -0.140. The van der Waals surface area contributed by atoms with Crippen LogP contribution < -0.4 is 10.5 Å². The van der Waals surface area contributed by atoms with Crippen molar-refractivity contribution >= 4 is 5.97 Å². The molecule has 0 heterocycles. The van der Waals surface area contributed by atoms with Crippen LogP contribution in [0, 0.1) is 6.92 Å². The standard InChI is InChI=1S/C14H21NO3/c1-11-5-6-13(12(10-11)7-8-15)18-9-3-4-14(16)17-2/h5-6,10H,3-4,7-9,15H2,1-2H3. The number of esters is 1. The fourth-order valence-electron chi connectivity index (χ4n) is 1.70. The van der Waals surface area contributed by atoms with E-state index in [4.69, 9.17) is 10.5 Å². The molecular weight excluding hydrogens is 230 g/mol. The van der Waals surface area contributed by atoms with Crippen molar-refractivity contribution in [1.82, 2.24) is 0 Å². The van der Waals surface area contributed by atoms with Gasteiger partial charge in [0.15, 0.2) is 0 Å².